The van der Waals surface area contributed by atoms with Crippen LogP contribution in [0.5, 0.6) is 0 Å². The second-order valence-electron chi connectivity index (χ2n) is 3.56. The molecule has 1 aromatic rings. The molecular weight excluding hydrogens is 316 g/mol. The van der Waals surface area contributed by atoms with Gasteiger partial charge >= 0.3 is 0 Å². The minimum atomic E-state index is -3.54. The molecule has 0 aliphatic carbocycles. The first-order valence-corrected chi connectivity index (χ1v) is 7.51. The Labute approximate surface area is 107 Å². The van der Waals surface area contributed by atoms with Gasteiger partial charge in [-0.15, -0.1) is 0 Å². The lowest BCUT2D eigenvalue weighted by Crippen LogP contribution is -2.15. The number of benzene rings is 1. The Hall–Kier alpha value is -0.530. The maximum atomic E-state index is 13.5. The fourth-order valence-corrected chi connectivity index (χ4v) is 3.12. The van der Waals surface area contributed by atoms with Crippen LogP contribution in [0, 0.1) is 11.6 Å². The summed E-state index contributed by atoms with van der Waals surface area (Å²) in [5.41, 5.74) is 4.76. The highest BCUT2D eigenvalue weighted by Crippen LogP contribution is 2.23. The fraction of sp³-hybridized carbons (Fsp3) is 0.400. The molecule has 0 fully saturated rings. The van der Waals surface area contributed by atoms with E-state index in [1.165, 1.54) is 6.07 Å². The molecule has 96 valence electrons. The van der Waals surface area contributed by atoms with Crippen molar-refractivity contribution in [2.75, 3.05) is 12.3 Å². The molecule has 0 heterocycles. The van der Waals surface area contributed by atoms with Crippen molar-refractivity contribution in [3.8, 4) is 0 Å². The highest BCUT2D eigenvalue weighted by atomic mass is 79.9. The van der Waals surface area contributed by atoms with Gasteiger partial charge in [0.2, 0.25) is 0 Å². The summed E-state index contributed by atoms with van der Waals surface area (Å²) in [6.45, 7) is 0.225. The van der Waals surface area contributed by atoms with Gasteiger partial charge < -0.3 is 5.73 Å². The van der Waals surface area contributed by atoms with Crippen LogP contribution in [0.25, 0.3) is 0 Å². The van der Waals surface area contributed by atoms with Crippen molar-refractivity contribution in [3.05, 3.63) is 33.8 Å². The number of hydrogen-bond acceptors (Lipinski definition) is 3. The maximum absolute atomic E-state index is 13.5. The lowest BCUT2D eigenvalue weighted by molar-refractivity contribution is 0.552. The molecule has 0 spiro atoms. The molecule has 0 unspecified atom stereocenters. The molecule has 2 N–H and O–H groups in total. The lowest BCUT2D eigenvalue weighted by Gasteiger charge is -2.07. The fourth-order valence-electron chi connectivity index (χ4n) is 1.30. The Morgan fingerprint density at radius 1 is 1.29 bits per heavy atom. The quantitative estimate of drug-likeness (QED) is 0.841. The van der Waals surface area contributed by atoms with E-state index < -0.39 is 32.8 Å². The summed E-state index contributed by atoms with van der Waals surface area (Å²) in [5, 5.41) is 0. The molecule has 0 aliphatic rings. The van der Waals surface area contributed by atoms with Gasteiger partial charge in [-0.2, -0.15) is 0 Å². The SMILES string of the molecule is NCCCS(=O)(=O)Cc1c(F)ccc(Br)c1F. The van der Waals surface area contributed by atoms with Crippen LogP contribution in [0.4, 0.5) is 8.78 Å². The van der Waals surface area contributed by atoms with Crippen LogP contribution in [-0.4, -0.2) is 20.7 Å². The third-order valence-corrected chi connectivity index (χ3v) is 4.41. The summed E-state index contributed by atoms with van der Waals surface area (Å²) in [6.07, 6.45) is 0.277. The standard InChI is InChI=1S/C10H12BrF2NO2S/c11-8-2-3-9(12)7(10(8)13)6-17(15,16)5-1-4-14/h2-3H,1,4-6,14H2. The first-order chi connectivity index (χ1) is 7.87. The van der Waals surface area contributed by atoms with E-state index in [0.29, 0.717) is 0 Å². The van der Waals surface area contributed by atoms with Crippen LogP contribution in [0.15, 0.2) is 16.6 Å². The zero-order chi connectivity index (χ0) is 13.1. The normalized spacial score (nSPS) is 11.8. The van der Waals surface area contributed by atoms with Gasteiger partial charge in [0.1, 0.15) is 11.6 Å². The van der Waals surface area contributed by atoms with Crippen LogP contribution < -0.4 is 5.73 Å². The van der Waals surface area contributed by atoms with Gasteiger partial charge in [-0.25, -0.2) is 17.2 Å². The second-order valence-corrected chi connectivity index (χ2v) is 6.59. The van der Waals surface area contributed by atoms with E-state index in [-0.39, 0.29) is 23.2 Å². The Morgan fingerprint density at radius 3 is 2.53 bits per heavy atom. The van der Waals surface area contributed by atoms with Gasteiger partial charge in [-0.05, 0) is 41.0 Å². The Balaban J connectivity index is 2.99. The molecule has 17 heavy (non-hydrogen) atoms. The van der Waals surface area contributed by atoms with Gasteiger partial charge in [0.15, 0.2) is 9.84 Å². The van der Waals surface area contributed by atoms with Gasteiger partial charge in [0, 0.05) is 5.56 Å². The van der Waals surface area contributed by atoms with Crippen molar-refractivity contribution in [2.45, 2.75) is 12.2 Å². The van der Waals surface area contributed by atoms with Crippen molar-refractivity contribution < 1.29 is 17.2 Å². The summed E-state index contributed by atoms with van der Waals surface area (Å²) in [7, 11) is -3.54. The Bertz CT molecular complexity index is 505. The zero-order valence-corrected chi connectivity index (χ0v) is 11.3. The number of sulfone groups is 1. The highest BCUT2D eigenvalue weighted by molar-refractivity contribution is 9.10. The molecule has 0 saturated heterocycles. The average Bonchev–Trinajstić information content (AvgIpc) is 2.27. The molecule has 0 aromatic heterocycles. The summed E-state index contributed by atoms with van der Waals surface area (Å²) in [4.78, 5) is 0. The third-order valence-electron chi connectivity index (χ3n) is 2.16. The topological polar surface area (TPSA) is 60.2 Å². The molecule has 0 aliphatic heterocycles. The predicted octanol–water partition coefficient (Wildman–Crippen LogP) is 1.99. The van der Waals surface area contributed by atoms with Crippen molar-refractivity contribution in [1.29, 1.82) is 0 Å². The van der Waals surface area contributed by atoms with Crippen LogP contribution in [0.2, 0.25) is 0 Å². The van der Waals surface area contributed by atoms with Crippen LogP contribution in [0.3, 0.4) is 0 Å². The average molecular weight is 328 g/mol. The molecule has 0 bridgehead atoms. The number of halogens is 3. The van der Waals surface area contributed by atoms with Gasteiger partial charge in [-0.1, -0.05) is 0 Å². The largest absolute Gasteiger partial charge is 0.330 e. The molecule has 0 radical (unpaired) electrons. The molecule has 1 rings (SSSR count). The van der Waals surface area contributed by atoms with Crippen molar-refractivity contribution in [1.82, 2.24) is 0 Å². The van der Waals surface area contributed by atoms with E-state index in [1.807, 2.05) is 0 Å². The minimum absolute atomic E-state index is 0.0444. The molecule has 1 aromatic carbocycles. The van der Waals surface area contributed by atoms with Crippen molar-refractivity contribution in [2.24, 2.45) is 5.73 Å². The van der Waals surface area contributed by atoms with E-state index in [2.05, 4.69) is 15.9 Å². The molecule has 3 nitrogen and oxygen atoms in total. The second kappa shape index (κ2) is 5.88. The monoisotopic (exact) mass is 327 g/mol. The van der Waals surface area contributed by atoms with Crippen molar-refractivity contribution in [3.63, 3.8) is 0 Å². The van der Waals surface area contributed by atoms with E-state index in [9.17, 15) is 17.2 Å². The van der Waals surface area contributed by atoms with Gasteiger partial charge in [-0.3, -0.25) is 0 Å². The summed E-state index contributed by atoms with van der Waals surface area (Å²) >= 11 is 2.88. The minimum Gasteiger partial charge on any atom is -0.330 e. The van der Waals surface area contributed by atoms with E-state index in [4.69, 9.17) is 5.73 Å². The van der Waals surface area contributed by atoms with Gasteiger partial charge in [0.25, 0.3) is 0 Å². The predicted molar refractivity (Wildman–Crippen MR) is 65.2 cm³/mol. The zero-order valence-electron chi connectivity index (χ0n) is 8.92. The molecule has 0 amide bonds. The number of hydrogen-bond donors (Lipinski definition) is 1. The third kappa shape index (κ3) is 4.01. The highest BCUT2D eigenvalue weighted by Gasteiger charge is 2.19. The van der Waals surface area contributed by atoms with E-state index in [0.717, 1.165) is 6.07 Å². The summed E-state index contributed by atoms with van der Waals surface area (Å²) in [6, 6.07) is 2.22. The van der Waals surface area contributed by atoms with Crippen molar-refractivity contribution >= 4 is 25.8 Å². The summed E-state index contributed by atoms with van der Waals surface area (Å²) in [5.74, 6) is -2.55. The Morgan fingerprint density at radius 2 is 1.94 bits per heavy atom. The number of nitrogens with two attached hydrogens (primary N) is 1. The molecule has 0 atom stereocenters. The molecule has 7 heteroatoms. The number of rotatable bonds is 5. The lowest BCUT2D eigenvalue weighted by atomic mass is 10.2. The smallest absolute Gasteiger partial charge is 0.154 e. The first kappa shape index (κ1) is 14.5. The summed E-state index contributed by atoms with van der Waals surface area (Å²) < 4.78 is 50.1. The van der Waals surface area contributed by atoms with E-state index in [1.54, 1.807) is 0 Å². The van der Waals surface area contributed by atoms with E-state index >= 15 is 0 Å². The maximum Gasteiger partial charge on any atom is 0.154 e. The van der Waals surface area contributed by atoms with Gasteiger partial charge in [0.05, 0.1) is 16.0 Å². The Kier molecular flexibility index (Phi) is 5.03. The molecule has 0 saturated carbocycles. The first-order valence-electron chi connectivity index (χ1n) is 4.90. The van der Waals surface area contributed by atoms with Crippen LogP contribution in [-0.2, 0) is 15.6 Å². The molecular formula is C10H12BrF2NO2S. The van der Waals surface area contributed by atoms with Crippen LogP contribution >= 0.6 is 15.9 Å². The van der Waals surface area contributed by atoms with Crippen LogP contribution in [0.1, 0.15) is 12.0 Å².